The Bertz CT molecular complexity index is 1320. The molecule has 0 saturated carbocycles. The maximum absolute atomic E-state index is 12.3. The number of pyridine rings is 1. The minimum absolute atomic E-state index is 0.0126. The van der Waals surface area contributed by atoms with E-state index in [0.717, 1.165) is 16.8 Å². The summed E-state index contributed by atoms with van der Waals surface area (Å²) in [5.74, 6) is 0.384. The number of aromatic nitrogens is 4. The first-order valence-corrected chi connectivity index (χ1v) is 11.1. The molecule has 11 heteroatoms. The average Bonchev–Trinajstić information content (AvgIpc) is 3.28. The number of carbonyl (C=O) groups is 1. The molecule has 170 valence electrons. The van der Waals surface area contributed by atoms with E-state index in [1.54, 1.807) is 24.5 Å². The number of nitrogens with zero attached hydrogens (tertiary/aromatic N) is 6. The molecule has 10 nitrogen and oxygen atoms in total. The molecule has 2 aromatic heterocycles. The van der Waals surface area contributed by atoms with Crippen molar-refractivity contribution in [3.8, 4) is 17.1 Å². The van der Waals surface area contributed by atoms with E-state index in [1.807, 2.05) is 47.9 Å². The zero-order valence-corrected chi connectivity index (χ0v) is 18.8. The van der Waals surface area contributed by atoms with E-state index in [9.17, 15) is 14.9 Å². The van der Waals surface area contributed by atoms with E-state index in [2.05, 4.69) is 25.7 Å². The fourth-order valence-electron chi connectivity index (χ4n) is 3.00. The monoisotopic (exact) mass is 473 g/mol. The molecule has 1 N–H and O–H groups in total. The van der Waals surface area contributed by atoms with Gasteiger partial charge in [-0.05, 0) is 48.9 Å². The molecule has 4 aromatic rings. The summed E-state index contributed by atoms with van der Waals surface area (Å²) in [6.45, 7) is 2.01. The lowest BCUT2D eigenvalue weighted by Crippen LogP contribution is -2.20. The number of benzene rings is 2. The number of thioether (sulfide) groups is 1. The van der Waals surface area contributed by atoms with Crippen molar-refractivity contribution in [1.29, 1.82) is 0 Å². The van der Waals surface area contributed by atoms with Crippen LogP contribution in [0.25, 0.3) is 17.1 Å². The summed E-state index contributed by atoms with van der Waals surface area (Å²) in [5, 5.41) is 23.8. The van der Waals surface area contributed by atoms with Gasteiger partial charge in [0.2, 0.25) is 0 Å². The summed E-state index contributed by atoms with van der Waals surface area (Å²) < 4.78 is 1.90. The quantitative estimate of drug-likeness (QED) is 0.178. The number of hydrogen-bond acceptors (Lipinski definition) is 8. The second-order valence-corrected chi connectivity index (χ2v) is 8.09. The third-order valence-electron chi connectivity index (χ3n) is 4.70. The standard InChI is InChI=1S/C23H19N7O3S/c1-16-2-6-19(7-3-16)29-22(18-10-12-24-13-11-18)27-28-23(29)34-15-21(31)26-25-14-17-4-8-20(9-5-17)30(32)33/h2-14H,15H2,1H3,(H,26,31)/b25-14+. The van der Waals surface area contributed by atoms with Crippen molar-refractivity contribution >= 4 is 29.6 Å². The lowest BCUT2D eigenvalue weighted by molar-refractivity contribution is -0.384. The highest BCUT2D eigenvalue weighted by molar-refractivity contribution is 7.99. The first-order chi connectivity index (χ1) is 16.5. The molecule has 2 heterocycles. The first-order valence-electron chi connectivity index (χ1n) is 10.1. The summed E-state index contributed by atoms with van der Waals surface area (Å²) in [5.41, 5.74) is 5.92. The molecule has 2 aromatic carbocycles. The van der Waals surface area contributed by atoms with E-state index in [-0.39, 0.29) is 17.3 Å². The number of hydrogen-bond donors (Lipinski definition) is 1. The van der Waals surface area contributed by atoms with Crippen LogP contribution >= 0.6 is 11.8 Å². The number of carbonyl (C=O) groups excluding carboxylic acids is 1. The molecule has 0 unspecified atom stereocenters. The van der Waals surface area contributed by atoms with Crippen molar-refractivity contribution in [2.75, 3.05) is 5.75 Å². The Morgan fingerprint density at radius 1 is 1.09 bits per heavy atom. The van der Waals surface area contributed by atoms with Crippen molar-refractivity contribution in [1.82, 2.24) is 25.2 Å². The predicted octanol–water partition coefficient (Wildman–Crippen LogP) is 3.79. The number of amides is 1. The SMILES string of the molecule is Cc1ccc(-n2c(SCC(=O)N/N=C/c3ccc([N+](=O)[O-])cc3)nnc2-c2ccncc2)cc1. The normalized spacial score (nSPS) is 11.0. The molecule has 1 amide bonds. The van der Waals surface area contributed by atoms with Gasteiger partial charge in [0.15, 0.2) is 11.0 Å². The number of rotatable bonds is 8. The maximum atomic E-state index is 12.3. The van der Waals surface area contributed by atoms with Crippen molar-refractivity contribution < 1.29 is 9.72 Å². The number of nitro groups is 1. The fourth-order valence-corrected chi connectivity index (χ4v) is 3.75. The van der Waals surface area contributed by atoms with Gasteiger partial charge in [0, 0.05) is 35.8 Å². The van der Waals surface area contributed by atoms with Crippen LogP contribution in [-0.4, -0.2) is 42.5 Å². The number of non-ortho nitro benzene ring substituents is 1. The van der Waals surface area contributed by atoms with Crippen LogP contribution in [0.1, 0.15) is 11.1 Å². The highest BCUT2D eigenvalue weighted by atomic mass is 32.2. The summed E-state index contributed by atoms with van der Waals surface area (Å²) >= 11 is 1.23. The van der Waals surface area contributed by atoms with Gasteiger partial charge in [0.25, 0.3) is 11.6 Å². The van der Waals surface area contributed by atoms with Crippen molar-refractivity contribution in [2.24, 2.45) is 5.10 Å². The van der Waals surface area contributed by atoms with E-state index in [4.69, 9.17) is 0 Å². The van der Waals surface area contributed by atoms with E-state index in [1.165, 1.54) is 30.1 Å². The molecule has 0 atom stereocenters. The molecule has 34 heavy (non-hydrogen) atoms. The number of nitrogens with one attached hydrogen (secondary N) is 1. The van der Waals surface area contributed by atoms with Crippen LogP contribution < -0.4 is 5.43 Å². The number of aryl methyl sites for hydroxylation is 1. The van der Waals surface area contributed by atoms with Crippen LogP contribution in [0.4, 0.5) is 5.69 Å². The van der Waals surface area contributed by atoms with Gasteiger partial charge >= 0.3 is 0 Å². The minimum Gasteiger partial charge on any atom is -0.272 e. The second-order valence-electron chi connectivity index (χ2n) is 7.14. The molecule has 0 radical (unpaired) electrons. The van der Waals surface area contributed by atoms with Gasteiger partial charge in [-0.25, -0.2) is 5.43 Å². The third kappa shape index (κ3) is 5.51. The highest BCUT2D eigenvalue weighted by Crippen LogP contribution is 2.27. The van der Waals surface area contributed by atoms with Gasteiger partial charge in [-0.2, -0.15) is 5.10 Å². The molecule has 0 aliphatic carbocycles. The van der Waals surface area contributed by atoms with Crippen molar-refractivity contribution in [3.63, 3.8) is 0 Å². The minimum atomic E-state index is -0.477. The lowest BCUT2D eigenvalue weighted by Gasteiger charge is -2.10. The van der Waals surface area contributed by atoms with Crippen LogP contribution in [0.3, 0.4) is 0 Å². The fraction of sp³-hybridized carbons (Fsp3) is 0.0870. The molecule has 0 bridgehead atoms. The van der Waals surface area contributed by atoms with Crippen LogP contribution in [0.15, 0.2) is 83.3 Å². The number of hydrazone groups is 1. The average molecular weight is 474 g/mol. The van der Waals surface area contributed by atoms with E-state index < -0.39 is 4.92 Å². The van der Waals surface area contributed by atoms with Gasteiger partial charge in [-0.3, -0.25) is 24.5 Å². The molecule has 0 spiro atoms. The summed E-state index contributed by atoms with van der Waals surface area (Å²) in [4.78, 5) is 26.6. The van der Waals surface area contributed by atoms with Gasteiger partial charge < -0.3 is 0 Å². The van der Waals surface area contributed by atoms with Gasteiger partial charge in [-0.1, -0.05) is 29.5 Å². The van der Waals surface area contributed by atoms with E-state index in [0.29, 0.717) is 16.5 Å². The van der Waals surface area contributed by atoms with Gasteiger partial charge in [0.1, 0.15) is 0 Å². The highest BCUT2D eigenvalue weighted by Gasteiger charge is 2.17. The second kappa shape index (κ2) is 10.5. The smallest absolute Gasteiger partial charge is 0.269 e. The zero-order valence-electron chi connectivity index (χ0n) is 18.0. The Morgan fingerprint density at radius 2 is 1.79 bits per heavy atom. The molecule has 0 fully saturated rings. The van der Waals surface area contributed by atoms with Crippen LogP contribution in [0.2, 0.25) is 0 Å². The zero-order chi connectivity index (χ0) is 23.9. The molecule has 4 rings (SSSR count). The largest absolute Gasteiger partial charge is 0.272 e. The molecule has 0 aliphatic heterocycles. The van der Waals surface area contributed by atoms with Crippen molar-refractivity contribution in [3.05, 3.63) is 94.3 Å². The third-order valence-corrected chi connectivity index (χ3v) is 5.63. The number of nitro benzene ring substituents is 1. The van der Waals surface area contributed by atoms with Crippen molar-refractivity contribution in [2.45, 2.75) is 12.1 Å². The Hall–Kier alpha value is -4.38. The van der Waals surface area contributed by atoms with Crippen LogP contribution in [0.5, 0.6) is 0 Å². The lowest BCUT2D eigenvalue weighted by atomic mass is 10.2. The Kier molecular flexibility index (Phi) is 7.04. The summed E-state index contributed by atoms with van der Waals surface area (Å²) in [6, 6.07) is 17.5. The topological polar surface area (TPSA) is 128 Å². The summed E-state index contributed by atoms with van der Waals surface area (Å²) in [7, 11) is 0. The molecular weight excluding hydrogens is 454 g/mol. The van der Waals surface area contributed by atoms with Gasteiger partial charge in [0.05, 0.1) is 16.9 Å². The van der Waals surface area contributed by atoms with E-state index >= 15 is 0 Å². The Labute approximate surface area is 198 Å². The van der Waals surface area contributed by atoms with Crippen LogP contribution in [0, 0.1) is 17.0 Å². The Morgan fingerprint density at radius 3 is 2.47 bits per heavy atom. The summed E-state index contributed by atoms with van der Waals surface area (Å²) in [6.07, 6.45) is 4.79. The molecule has 0 saturated heterocycles. The van der Waals surface area contributed by atoms with Gasteiger partial charge in [-0.15, -0.1) is 10.2 Å². The van der Waals surface area contributed by atoms with Crippen LogP contribution in [-0.2, 0) is 4.79 Å². The predicted molar refractivity (Wildman–Crippen MR) is 129 cm³/mol. The molecule has 0 aliphatic rings. The first kappa shape index (κ1) is 22.8. The molecular formula is C23H19N7O3S. The maximum Gasteiger partial charge on any atom is 0.269 e. The Balaban J connectivity index is 1.46.